The van der Waals surface area contributed by atoms with Crippen molar-refractivity contribution in [2.75, 3.05) is 20.6 Å². The average Bonchev–Trinajstić information content (AvgIpc) is 2.77. The highest BCUT2D eigenvalue weighted by Gasteiger charge is 2.24. The molecule has 0 aromatic heterocycles. The zero-order chi connectivity index (χ0) is 12.1. The Morgan fingerprint density at radius 2 is 2.00 bits per heavy atom. The molecule has 0 radical (unpaired) electrons. The number of likely N-dealkylation sites (N-methyl/N-ethyl adjacent to an activating group) is 1. The lowest BCUT2D eigenvalue weighted by Gasteiger charge is -2.22. The smallest absolute Gasteiger partial charge is 0.237 e. The number of carbonyl (C=O) groups excluding carboxylic acids is 1. The molecular formula is C12H24N2O2. The van der Waals surface area contributed by atoms with Crippen molar-refractivity contribution >= 4 is 5.91 Å². The average molecular weight is 228 g/mol. The first-order valence-corrected chi connectivity index (χ1v) is 6.14. The molecule has 1 fully saturated rings. The molecule has 94 valence electrons. The van der Waals surface area contributed by atoms with E-state index in [1.807, 2.05) is 25.9 Å². The van der Waals surface area contributed by atoms with Crippen molar-refractivity contribution in [3.63, 3.8) is 0 Å². The van der Waals surface area contributed by atoms with Crippen molar-refractivity contribution < 1.29 is 9.90 Å². The van der Waals surface area contributed by atoms with E-state index in [1.54, 1.807) is 0 Å². The van der Waals surface area contributed by atoms with Gasteiger partial charge < -0.3 is 10.4 Å². The zero-order valence-electron chi connectivity index (χ0n) is 10.6. The van der Waals surface area contributed by atoms with Gasteiger partial charge in [-0.05, 0) is 39.8 Å². The third kappa shape index (κ3) is 3.76. The maximum Gasteiger partial charge on any atom is 0.237 e. The van der Waals surface area contributed by atoms with Crippen molar-refractivity contribution in [1.82, 2.24) is 10.2 Å². The molecule has 0 heterocycles. The molecule has 4 heteroatoms. The fourth-order valence-corrected chi connectivity index (χ4v) is 2.10. The summed E-state index contributed by atoms with van der Waals surface area (Å²) in [7, 11) is 3.75. The second-order valence-electron chi connectivity index (χ2n) is 5.00. The van der Waals surface area contributed by atoms with Crippen LogP contribution in [0.1, 0.15) is 32.6 Å². The number of nitrogens with zero attached hydrogens (tertiary/aromatic N) is 1. The maximum atomic E-state index is 11.6. The normalized spacial score (nSPS) is 21.1. The molecule has 1 aliphatic carbocycles. The molecule has 1 aliphatic rings. The summed E-state index contributed by atoms with van der Waals surface area (Å²) in [5.74, 6) is 0.372. The van der Waals surface area contributed by atoms with Crippen LogP contribution in [-0.2, 0) is 4.79 Å². The SMILES string of the molecule is C[C@@H](C(=O)NCC(O)C1CCCC1)N(C)C. The summed E-state index contributed by atoms with van der Waals surface area (Å²) in [5, 5.41) is 12.7. The molecule has 2 N–H and O–H groups in total. The van der Waals surface area contributed by atoms with Gasteiger partial charge in [-0.15, -0.1) is 0 Å². The number of amides is 1. The largest absolute Gasteiger partial charge is 0.391 e. The second-order valence-corrected chi connectivity index (χ2v) is 5.00. The van der Waals surface area contributed by atoms with Crippen LogP contribution in [0.25, 0.3) is 0 Å². The molecule has 0 saturated heterocycles. The molecule has 1 amide bonds. The van der Waals surface area contributed by atoms with Gasteiger partial charge in [0.25, 0.3) is 0 Å². The standard InChI is InChI=1S/C12H24N2O2/c1-9(14(2)3)12(16)13-8-11(15)10-6-4-5-7-10/h9-11,15H,4-8H2,1-3H3,(H,13,16)/t9-,11?/m0/s1. The van der Waals surface area contributed by atoms with Crippen LogP contribution >= 0.6 is 0 Å². The topological polar surface area (TPSA) is 52.6 Å². The van der Waals surface area contributed by atoms with E-state index >= 15 is 0 Å². The molecule has 2 atom stereocenters. The molecule has 1 rings (SSSR count). The monoisotopic (exact) mass is 228 g/mol. The Kier molecular flexibility index (Phi) is 5.22. The maximum absolute atomic E-state index is 11.6. The highest BCUT2D eigenvalue weighted by Crippen LogP contribution is 2.27. The molecule has 0 aromatic carbocycles. The Hall–Kier alpha value is -0.610. The van der Waals surface area contributed by atoms with Gasteiger partial charge in [-0.3, -0.25) is 9.69 Å². The molecule has 0 aromatic rings. The minimum atomic E-state index is -0.374. The van der Waals surface area contributed by atoms with Crippen molar-refractivity contribution in [2.45, 2.75) is 44.8 Å². The lowest BCUT2D eigenvalue weighted by molar-refractivity contribution is -0.125. The Labute approximate surface area is 98.0 Å². The Bertz CT molecular complexity index is 225. The third-order valence-electron chi connectivity index (χ3n) is 3.58. The van der Waals surface area contributed by atoms with Crippen LogP contribution in [-0.4, -0.2) is 48.7 Å². The number of carbonyl (C=O) groups is 1. The van der Waals surface area contributed by atoms with E-state index in [0.29, 0.717) is 12.5 Å². The fraction of sp³-hybridized carbons (Fsp3) is 0.917. The van der Waals surface area contributed by atoms with Gasteiger partial charge in [0.05, 0.1) is 12.1 Å². The summed E-state index contributed by atoms with van der Waals surface area (Å²) >= 11 is 0. The highest BCUT2D eigenvalue weighted by atomic mass is 16.3. The van der Waals surface area contributed by atoms with Crippen molar-refractivity contribution in [3.8, 4) is 0 Å². The van der Waals surface area contributed by atoms with Crippen LogP contribution in [0.15, 0.2) is 0 Å². The van der Waals surface area contributed by atoms with E-state index in [4.69, 9.17) is 0 Å². The molecule has 0 spiro atoms. The first-order chi connectivity index (χ1) is 7.52. The van der Waals surface area contributed by atoms with E-state index in [2.05, 4.69) is 5.32 Å². The van der Waals surface area contributed by atoms with Crippen molar-refractivity contribution in [3.05, 3.63) is 0 Å². The number of hydrogen-bond donors (Lipinski definition) is 2. The van der Waals surface area contributed by atoms with Crippen molar-refractivity contribution in [1.29, 1.82) is 0 Å². The van der Waals surface area contributed by atoms with Gasteiger partial charge in [0.15, 0.2) is 0 Å². The minimum absolute atomic E-state index is 0.0120. The van der Waals surface area contributed by atoms with E-state index in [1.165, 1.54) is 12.8 Å². The predicted molar refractivity (Wildman–Crippen MR) is 64.1 cm³/mol. The molecule has 16 heavy (non-hydrogen) atoms. The van der Waals surface area contributed by atoms with Gasteiger partial charge in [-0.25, -0.2) is 0 Å². The van der Waals surface area contributed by atoms with Crippen LogP contribution in [0.5, 0.6) is 0 Å². The second kappa shape index (κ2) is 6.21. The lowest BCUT2D eigenvalue weighted by Crippen LogP contribution is -2.45. The zero-order valence-corrected chi connectivity index (χ0v) is 10.6. The number of hydrogen-bond acceptors (Lipinski definition) is 3. The highest BCUT2D eigenvalue weighted by molar-refractivity contribution is 5.81. The first-order valence-electron chi connectivity index (χ1n) is 6.14. The van der Waals surface area contributed by atoms with E-state index in [0.717, 1.165) is 12.8 Å². The molecule has 1 saturated carbocycles. The van der Waals surface area contributed by atoms with Crippen LogP contribution in [0.3, 0.4) is 0 Å². The number of nitrogens with one attached hydrogen (secondary N) is 1. The summed E-state index contributed by atoms with van der Waals surface area (Å²) < 4.78 is 0. The third-order valence-corrected chi connectivity index (χ3v) is 3.58. The summed E-state index contributed by atoms with van der Waals surface area (Å²) in [4.78, 5) is 13.5. The number of rotatable bonds is 5. The van der Waals surface area contributed by atoms with E-state index < -0.39 is 0 Å². The lowest BCUT2D eigenvalue weighted by atomic mass is 10.0. The quantitative estimate of drug-likeness (QED) is 0.724. The van der Waals surface area contributed by atoms with Crippen molar-refractivity contribution in [2.24, 2.45) is 5.92 Å². The van der Waals surface area contributed by atoms with Crippen LogP contribution in [0.2, 0.25) is 0 Å². The van der Waals surface area contributed by atoms with Crippen LogP contribution in [0, 0.1) is 5.92 Å². The fourth-order valence-electron chi connectivity index (χ4n) is 2.10. The van der Waals surface area contributed by atoms with E-state index in [9.17, 15) is 9.90 Å². The van der Waals surface area contributed by atoms with E-state index in [-0.39, 0.29) is 18.1 Å². The number of aliphatic hydroxyl groups excluding tert-OH is 1. The van der Waals surface area contributed by atoms with Gasteiger partial charge >= 0.3 is 0 Å². The van der Waals surface area contributed by atoms with Gasteiger partial charge in [-0.1, -0.05) is 12.8 Å². The first kappa shape index (κ1) is 13.5. The van der Waals surface area contributed by atoms with Gasteiger partial charge in [0, 0.05) is 6.54 Å². The summed E-state index contributed by atoms with van der Waals surface area (Å²) in [6.45, 7) is 2.25. The summed E-state index contributed by atoms with van der Waals surface area (Å²) in [6, 6.07) is -0.143. The predicted octanol–water partition coefficient (Wildman–Crippen LogP) is 0.604. The molecule has 0 bridgehead atoms. The molecule has 0 aliphatic heterocycles. The minimum Gasteiger partial charge on any atom is -0.391 e. The summed E-state index contributed by atoms with van der Waals surface area (Å²) in [6.07, 6.45) is 4.24. The number of aliphatic hydroxyl groups is 1. The van der Waals surface area contributed by atoms with Crippen LogP contribution < -0.4 is 5.32 Å². The molecule has 4 nitrogen and oxygen atoms in total. The van der Waals surface area contributed by atoms with Gasteiger partial charge in [-0.2, -0.15) is 0 Å². The Balaban J connectivity index is 2.25. The van der Waals surface area contributed by atoms with Gasteiger partial charge in [0.1, 0.15) is 0 Å². The molecule has 1 unspecified atom stereocenters. The van der Waals surface area contributed by atoms with Crippen LogP contribution in [0.4, 0.5) is 0 Å². The summed E-state index contributed by atoms with van der Waals surface area (Å²) in [5.41, 5.74) is 0. The Morgan fingerprint density at radius 3 is 2.50 bits per heavy atom. The van der Waals surface area contributed by atoms with Gasteiger partial charge in [0.2, 0.25) is 5.91 Å². The molecular weight excluding hydrogens is 204 g/mol. The Morgan fingerprint density at radius 1 is 1.44 bits per heavy atom.